The molecule has 0 fully saturated rings. The van der Waals surface area contributed by atoms with Gasteiger partial charge in [0.15, 0.2) is 11.4 Å². The van der Waals surface area contributed by atoms with Gasteiger partial charge in [-0.3, -0.25) is 9.47 Å². The molecule has 3 aromatic rings. The van der Waals surface area contributed by atoms with E-state index in [0.29, 0.717) is 12.4 Å². The third-order valence-corrected chi connectivity index (χ3v) is 4.52. The minimum Gasteiger partial charge on any atom is -0.502 e. The molecule has 1 unspecified atom stereocenters. The van der Waals surface area contributed by atoms with E-state index < -0.39 is 28.9 Å². The van der Waals surface area contributed by atoms with Crippen LogP contribution in [0.2, 0.25) is 0 Å². The van der Waals surface area contributed by atoms with Crippen LogP contribution in [0.15, 0.2) is 65.6 Å². The molecular weight excluding hydrogens is 348 g/mol. The van der Waals surface area contributed by atoms with Gasteiger partial charge in [-0.15, -0.1) is 0 Å². The van der Waals surface area contributed by atoms with Crippen LogP contribution >= 0.6 is 0 Å². The van der Waals surface area contributed by atoms with E-state index in [1.807, 2.05) is 48.5 Å². The summed E-state index contributed by atoms with van der Waals surface area (Å²) in [6.45, 7) is 0.382. The molecular formula is C20H16N2O5. The highest BCUT2D eigenvalue weighted by molar-refractivity contribution is 5.88. The minimum absolute atomic E-state index is 0.382. The SMILES string of the molecule is O=C(O)c1c(O)c(=O)ccn1NC1c2ccccc2COc2ccccc21. The monoisotopic (exact) mass is 364 g/mol. The van der Waals surface area contributed by atoms with Crippen LogP contribution in [-0.2, 0) is 6.61 Å². The maximum atomic E-state index is 11.7. The second-order valence-corrected chi connectivity index (χ2v) is 6.14. The molecule has 0 saturated heterocycles. The van der Waals surface area contributed by atoms with Gasteiger partial charge in [-0.1, -0.05) is 42.5 Å². The van der Waals surface area contributed by atoms with Gasteiger partial charge in [0.05, 0.1) is 6.04 Å². The van der Waals surface area contributed by atoms with Crippen LogP contribution in [-0.4, -0.2) is 20.9 Å². The first kappa shape index (κ1) is 16.7. The van der Waals surface area contributed by atoms with Crippen LogP contribution in [0.1, 0.15) is 33.2 Å². The molecule has 1 aromatic heterocycles. The van der Waals surface area contributed by atoms with Crippen LogP contribution in [0, 0.1) is 0 Å². The summed E-state index contributed by atoms with van der Waals surface area (Å²) in [7, 11) is 0. The van der Waals surface area contributed by atoms with Gasteiger partial charge in [-0.25, -0.2) is 4.79 Å². The average Bonchev–Trinajstić information content (AvgIpc) is 2.82. The maximum absolute atomic E-state index is 11.7. The Morgan fingerprint density at radius 1 is 1.07 bits per heavy atom. The number of benzene rings is 2. The average molecular weight is 364 g/mol. The highest BCUT2D eigenvalue weighted by Gasteiger charge is 2.26. The topological polar surface area (TPSA) is 101 Å². The summed E-state index contributed by atoms with van der Waals surface area (Å²) < 4.78 is 7.05. The Labute approximate surface area is 154 Å². The van der Waals surface area contributed by atoms with Gasteiger partial charge >= 0.3 is 5.97 Å². The Morgan fingerprint density at radius 3 is 2.56 bits per heavy atom. The first-order chi connectivity index (χ1) is 13.1. The number of aromatic nitrogens is 1. The largest absolute Gasteiger partial charge is 0.502 e. The number of aromatic carboxylic acids is 1. The number of hydrogen-bond donors (Lipinski definition) is 3. The summed E-state index contributed by atoms with van der Waals surface area (Å²) in [6.07, 6.45) is 1.29. The van der Waals surface area contributed by atoms with Crippen LogP contribution in [0.25, 0.3) is 0 Å². The Kier molecular flexibility index (Phi) is 4.04. The van der Waals surface area contributed by atoms with E-state index in [1.165, 1.54) is 6.20 Å². The third-order valence-electron chi connectivity index (χ3n) is 4.52. The van der Waals surface area contributed by atoms with E-state index in [4.69, 9.17) is 4.74 Å². The fourth-order valence-electron chi connectivity index (χ4n) is 3.24. The number of fused-ring (bicyclic) bond motifs is 2. The molecule has 0 spiro atoms. The van der Waals surface area contributed by atoms with E-state index in [9.17, 15) is 19.8 Å². The normalized spacial score (nSPS) is 15.0. The first-order valence-electron chi connectivity index (χ1n) is 8.30. The van der Waals surface area contributed by atoms with Gasteiger partial charge in [0.2, 0.25) is 5.43 Å². The van der Waals surface area contributed by atoms with E-state index in [2.05, 4.69) is 5.43 Å². The molecule has 27 heavy (non-hydrogen) atoms. The summed E-state index contributed by atoms with van der Waals surface area (Å²) in [4.78, 5) is 23.3. The zero-order valence-corrected chi connectivity index (χ0v) is 14.1. The van der Waals surface area contributed by atoms with Crippen molar-refractivity contribution in [1.82, 2.24) is 4.68 Å². The summed E-state index contributed by atoms with van der Waals surface area (Å²) in [5, 5.41) is 19.4. The number of carboxylic acid groups (broad SMARTS) is 1. The van der Waals surface area contributed by atoms with E-state index >= 15 is 0 Å². The molecule has 0 saturated carbocycles. The predicted molar refractivity (Wildman–Crippen MR) is 97.7 cm³/mol. The molecule has 0 radical (unpaired) electrons. The zero-order chi connectivity index (χ0) is 19.0. The second-order valence-electron chi connectivity index (χ2n) is 6.14. The highest BCUT2D eigenvalue weighted by atomic mass is 16.5. The van der Waals surface area contributed by atoms with Gasteiger partial charge in [0, 0.05) is 17.8 Å². The van der Waals surface area contributed by atoms with Crippen molar-refractivity contribution in [3.63, 3.8) is 0 Å². The third kappa shape index (κ3) is 2.89. The lowest BCUT2D eigenvalue weighted by atomic mass is 9.95. The first-order valence-corrected chi connectivity index (χ1v) is 8.30. The molecule has 2 aromatic carbocycles. The quantitative estimate of drug-likeness (QED) is 0.660. The molecule has 0 aliphatic carbocycles. The standard InChI is InChI=1S/C20H16N2O5/c23-15-9-10-22(18(19(15)24)20(25)26)21-17-13-6-2-1-5-12(13)11-27-16-8-4-3-7-14(16)17/h1-10,17,21,24H,11H2,(H,25,26). The second kappa shape index (κ2) is 6.53. The zero-order valence-electron chi connectivity index (χ0n) is 14.1. The molecule has 0 amide bonds. The summed E-state index contributed by atoms with van der Waals surface area (Å²) in [6, 6.07) is 15.8. The summed E-state index contributed by atoms with van der Waals surface area (Å²) in [5.41, 5.74) is 4.51. The van der Waals surface area contributed by atoms with Gasteiger partial charge in [-0.2, -0.15) is 0 Å². The smallest absolute Gasteiger partial charge is 0.358 e. The number of nitrogens with zero attached hydrogens (tertiary/aromatic N) is 1. The molecule has 136 valence electrons. The van der Waals surface area contributed by atoms with Gasteiger partial charge in [-0.05, 0) is 17.2 Å². The lowest BCUT2D eigenvalue weighted by molar-refractivity contribution is 0.0681. The summed E-state index contributed by atoms with van der Waals surface area (Å²) in [5.74, 6) is -1.55. The highest BCUT2D eigenvalue weighted by Crippen LogP contribution is 2.36. The lowest BCUT2D eigenvalue weighted by Crippen LogP contribution is -2.28. The molecule has 1 atom stereocenters. The van der Waals surface area contributed by atoms with Crippen molar-refractivity contribution in [1.29, 1.82) is 0 Å². The van der Waals surface area contributed by atoms with Crippen molar-refractivity contribution in [3.8, 4) is 11.5 Å². The number of carbonyl (C=O) groups is 1. The molecule has 0 bridgehead atoms. The van der Waals surface area contributed by atoms with Crippen LogP contribution in [0.3, 0.4) is 0 Å². The van der Waals surface area contributed by atoms with Crippen molar-refractivity contribution >= 4 is 5.97 Å². The Hall–Kier alpha value is -3.74. The van der Waals surface area contributed by atoms with Crippen molar-refractivity contribution in [2.45, 2.75) is 12.6 Å². The molecule has 1 aliphatic heterocycles. The van der Waals surface area contributed by atoms with Crippen LogP contribution in [0.4, 0.5) is 0 Å². The number of nitrogens with one attached hydrogen (secondary N) is 1. The van der Waals surface area contributed by atoms with Crippen molar-refractivity contribution in [3.05, 3.63) is 93.4 Å². The molecule has 2 heterocycles. The number of ether oxygens (including phenoxy) is 1. The fraction of sp³-hybridized carbons (Fsp3) is 0.100. The molecule has 1 aliphatic rings. The van der Waals surface area contributed by atoms with Gasteiger partial charge < -0.3 is 20.4 Å². The summed E-state index contributed by atoms with van der Waals surface area (Å²) >= 11 is 0. The van der Waals surface area contributed by atoms with Gasteiger partial charge in [0.1, 0.15) is 12.4 Å². The Bertz CT molecular complexity index is 1040. The predicted octanol–water partition coefficient (Wildman–Crippen LogP) is 2.48. The molecule has 3 N–H and O–H groups in total. The van der Waals surface area contributed by atoms with Crippen molar-refractivity contribution in [2.24, 2.45) is 0 Å². The Morgan fingerprint density at radius 2 is 1.78 bits per heavy atom. The number of aromatic hydroxyl groups is 1. The van der Waals surface area contributed by atoms with Gasteiger partial charge in [0.25, 0.3) is 0 Å². The van der Waals surface area contributed by atoms with Crippen molar-refractivity contribution < 1.29 is 19.7 Å². The maximum Gasteiger partial charge on any atom is 0.358 e. The fourth-order valence-corrected chi connectivity index (χ4v) is 3.24. The number of para-hydroxylation sites is 1. The number of rotatable bonds is 3. The number of carboxylic acids is 1. The van der Waals surface area contributed by atoms with E-state index in [0.717, 1.165) is 27.4 Å². The molecule has 4 rings (SSSR count). The molecule has 7 nitrogen and oxygen atoms in total. The van der Waals surface area contributed by atoms with Crippen LogP contribution < -0.4 is 15.6 Å². The minimum atomic E-state index is -1.41. The van der Waals surface area contributed by atoms with Crippen LogP contribution in [0.5, 0.6) is 11.5 Å². The Balaban J connectivity index is 1.89. The van der Waals surface area contributed by atoms with Crippen molar-refractivity contribution in [2.75, 3.05) is 5.43 Å². The van der Waals surface area contributed by atoms with E-state index in [-0.39, 0.29) is 0 Å². The lowest BCUT2D eigenvalue weighted by Gasteiger charge is -2.24. The number of hydrogen-bond acceptors (Lipinski definition) is 5. The number of pyridine rings is 1. The van der Waals surface area contributed by atoms with E-state index in [1.54, 1.807) is 0 Å². The molecule has 7 heteroatoms.